The van der Waals surface area contributed by atoms with Gasteiger partial charge in [-0.2, -0.15) is 0 Å². The van der Waals surface area contributed by atoms with Crippen LogP contribution in [0.1, 0.15) is 5.89 Å². The molecular formula is C11H12N4O3. The zero-order valence-corrected chi connectivity index (χ0v) is 9.79. The molecule has 0 aliphatic heterocycles. The Morgan fingerprint density at radius 3 is 2.89 bits per heavy atom. The molecule has 0 fully saturated rings. The molecule has 0 atom stereocenters. The molecule has 0 saturated heterocycles. The van der Waals surface area contributed by atoms with Crippen molar-refractivity contribution in [3.8, 4) is 11.5 Å². The maximum absolute atomic E-state index is 10.8. The van der Waals surface area contributed by atoms with E-state index in [2.05, 4.69) is 25.2 Å². The number of methoxy groups -OCH3 is 1. The molecule has 0 saturated carbocycles. The molecule has 2 rings (SSSR count). The Kier molecular flexibility index (Phi) is 3.85. The van der Waals surface area contributed by atoms with Crippen LogP contribution in [0.5, 0.6) is 0 Å². The molecule has 2 aromatic rings. The summed E-state index contributed by atoms with van der Waals surface area (Å²) in [4.78, 5) is 14.7. The fourth-order valence-electron chi connectivity index (χ4n) is 1.31. The standard InChI is InChI=1S/C11H12N4O3/c1-17-11(16)13-7-4-9-14-15-10(18-9)8-2-5-12-6-3-8/h2-3,5-6H,4,7H2,1H3,(H,13,16). The molecule has 0 aromatic carbocycles. The fourth-order valence-corrected chi connectivity index (χ4v) is 1.31. The Bertz CT molecular complexity index is 512. The van der Waals surface area contributed by atoms with E-state index in [1.165, 1.54) is 7.11 Å². The third-order valence-electron chi connectivity index (χ3n) is 2.19. The molecular weight excluding hydrogens is 236 g/mol. The second kappa shape index (κ2) is 5.76. The van der Waals surface area contributed by atoms with Crippen molar-refractivity contribution in [1.82, 2.24) is 20.5 Å². The maximum atomic E-state index is 10.8. The quantitative estimate of drug-likeness (QED) is 0.869. The first-order valence-electron chi connectivity index (χ1n) is 5.34. The fraction of sp³-hybridized carbons (Fsp3) is 0.273. The van der Waals surface area contributed by atoms with E-state index in [4.69, 9.17) is 4.42 Å². The number of ether oxygens (including phenoxy) is 1. The number of alkyl carbamates (subject to hydrolysis) is 1. The Hall–Kier alpha value is -2.44. The van der Waals surface area contributed by atoms with Gasteiger partial charge in [-0.05, 0) is 12.1 Å². The van der Waals surface area contributed by atoms with E-state index in [1.807, 2.05) is 0 Å². The topological polar surface area (TPSA) is 90.1 Å². The van der Waals surface area contributed by atoms with Crippen molar-refractivity contribution in [3.05, 3.63) is 30.4 Å². The minimum absolute atomic E-state index is 0.380. The number of pyridine rings is 1. The Balaban J connectivity index is 1.93. The van der Waals surface area contributed by atoms with Crippen molar-refractivity contribution in [2.75, 3.05) is 13.7 Å². The largest absolute Gasteiger partial charge is 0.453 e. The molecule has 0 spiro atoms. The molecule has 0 bridgehead atoms. The van der Waals surface area contributed by atoms with Crippen molar-refractivity contribution >= 4 is 6.09 Å². The number of carbonyl (C=O) groups is 1. The van der Waals surface area contributed by atoms with Crippen molar-refractivity contribution < 1.29 is 13.9 Å². The third-order valence-corrected chi connectivity index (χ3v) is 2.19. The van der Waals surface area contributed by atoms with E-state index in [9.17, 15) is 4.79 Å². The van der Waals surface area contributed by atoms with E-state index in [0.717, 1.165) is 5.56 Å². The normalized spacial score (nSPS) is 10.1. The predicted molar refractivity (Wildman–Crippen MR) is 61.6 cm³/mol. The van der Waals surface area contributed by atoms with Crippen LogP contribution in [0.3, 0.4) is 0 Å². The van der Waals surface area contributed by atoms with Gasteiger partial charge in [0.15, 0.2) is 0 Å². The van der Waals surface area contributed by atoms with Gasteiger partial charge in [0.25, 0.3) is 0 Å². The summed E-state index contributed by atoms with van der Waals surface area (Å²) in [5, 5.41) is 10.3. The summed E-state index contributed by atoms with van der Waals surface area (Å²) in [7, 11) is 1.31. The number of nitrogens with zero attached hydrogens (tertiary/aromatic N) is 3. The number of hydrogen-bond donors (Lipinski definition) is 1. The number of rotatable bonds is 4. The minimum atomic E-state index is -0.483. The average molecular weight is 248 g/mol. The summed E-state index contributed by atoms with van der Waals surface area (Å²) >= 11 is 0. The van der Waals surface area contributed by atoms with Gasteiger partial charge in [0.05, 0.1) is 7.11 Å². The zero-order chi connectivity index (χ0) is 12.8. The SMILES string of the molecule is COC(=O)NCCc1nnc(-c2ccncc2)o1. The molecule has 7 nitrogen and oxygen atoms in total. The van der Waals surface area contributed by atoms with Crippen LogP contribution in [0.2, 0.25) is 0 Å². The zero-order valence-electron chi connectivity index (χ0n) is 9.79. The maximum Gasteiger partial charge on any atom is 0.406 e. The highest BCUT2D eigenvalue weighted by molar-refractivity contribution is 5.66. The second-order valence-corrected chi connectivity index (χ2v) is 3.41. The van der Waals surface area contributed by atoms with Crippen LogP contribution in [0.4, 0.5) is 4.79 Å². The van der Waals surface area contributed by atoms with Crippen LogP contribution in [-0.2, 0) is 11.2 Å². The Morgan fingerprint density at radius 2 is 2.17 bits per heavy atom. The van der Waals surface area contributed by atoms with Gasteiger partial charge < -0.3 is 14.5 Å². The minimum Gasteiger partial charge on any atom is -0.453 e. The van der Waals surface area contributed by atoms with Gasteiger partial charge in [0.1, 0.15) is 0 Å². The van der Waals surface area contributed by atoms with Crippen LogP contribution in [0, 0.1) is 0 Å². The molecule has 0 radical (unpaired) electrons. The summed E-state index contributed by atoms with van der Waals surface area (Å²) in [6.45, 7) is 0.380. The molecule has 94 valence electrons. The van der Waals surface area contributed by atoms with Gasteiger partial charge in [-0.25, -0.2) is 4.79 Å². The Morgan fingerprint density at radius 1 is 1.39 bits per heavy atom. The van der Waals surface area contributed by atoms with E-state index in [0.29, 0.717) is 24.7 Å². The average Bonchev–Trinajstić information content (AvgIpc) is 2.88. The summed E-state index contributed by atoms with van der Waals surface area (Å²) < 4.78 is 9.88. The highest BCUT2D eigenvalue weighted by atomic mass is 16.5. The molecule has 1 amide bonds. The molecule has 18 heavy (non-hydrogen) atoms. The van der Waals surface area contributed by atoms with Crippen molar-refractivity contribution in [2.24, 2.45) is 0 Å². The highest BCUT2D eigenvalue weighted by Gasteiger charge is 2.08. The molecule has 0 aliphatic rings. The lowest BCUT2D eigenvalue weighted by molar-refractivity contribution is 0.171. The van der Waals surface area contributed by atoms with Crippen LogP contribution >= 0.6 is 0 Å². The summed E-state index contributed by atoms with van der Waals surface area (Å²) in [5.41, 5.74) is 0.810. The lowest BCUT2D eigenvalue weighted by Crippen LogP contribution is -2.25. The number of hydrogen-bond acceptors (Lipinski definition) is 6. The van der Waals surface area contributed by atoms with Crippen molar-refractivity contribution in [2.45, 2.75) is 6.42 Å². The smallest absolute Gasteiger partial charge is 0.406 e. The lowest BCUT2D eigenvalue weighted by Gasteiger charge is -1.99. The molecule has 1 N–H and O–H groups in total. The number of nitrogens with one attached hydrogen (secondary N) is 1. The van der Waals surface area contributed by atoms with Crippen molar-refractivity contribution in [1.29, 1.82) is 0 Å². The molecule has 2 aromatic heterocycles. The van der Waals surface area contributed by atoms with Gasteiger partial charge in [-0.15, -0.1) is 10.2 Å². The molecule has 2 heterocycles. The van der Waals surface area contributed by atoms with E-state index in [1.54, 1.807) is 24.5 Å². The predicted octanol–water partition coefficient (Wildman–Crippen LogP) is 1.03. The van der Waals surface area contributed by atoms with Gasteiger partial charge in [0, 0.05) is 30.9 Å². The first kappa shape index (κ1) is 12.0. The van der Waals surface area contributed by atoms with Crippen LogP contribution in [0.25, 0.3) is 11.5 Å². The number of carbonyl (C=O) groups excluding carboxylic acids is 1. The summed E-state index contributed by atoms with van der Waals surface area (Å²) in [6, 6.07) is 3.56. The van der Waals surface area contributed by atoms with Gasteiger partial charge in [-0.1, -0.05) is 0 Å². The third kappa shape index (κ3) is 3.03. The van der Waals surface area contributed by atoms with Crippen LogP contribution < -0.4 is 5.32 Å². The monoisotopic (exact) mass is 248 g/mol. The second-order valence-electron chi connectivity index (χ2n) is 3.41. The van der Waals surface area contributed by atoms with E-state index >= 15 is 0 Å². The summed E-state index contributed by atoms with van der Waals surface area (Å²) in [5.74, 6) is 0.892. The Labute approximate surface area is 103 Å². The lowest BCUT2D eigenvalue weighted by atomic mass is 10.3. The van der Waals surface area contributed by atoms with E-state index < -0.39 is 6.09 Å². The van der Waals surface area contributed by atoms with Gasteiger partial charge >= 0.3 is 6.09 Å². The highest BCUT2D eigenvalue weighted by Crippen LogP contribution is 2.16. The molecule has 0 aliphatic carbocycles. The molecule has 0 unspecified atom stereocenters. The molecule has 7 heteroatoms. The van der Waals surface area contributed by atoms with Gasteiger partial charge in [-0.3, -0.25) is 4.98 Å². The number of aromatic nitrogens is 3. The van der Waals surface area contributed by atoms with Crippen LogP contribution in [0.15, 0.2) is 28.9 Å². The number of amides is 1. The van der Waals surface area contributed by atoms with Gasteiger partial charge in [0.2, 0.25) is 11.8 Å². The summed E-state index contributed by atoms with van der Waals surface area (Å²) in [6.07, 6.45) is 3.27. The first-order valence-corrected chi connectivity index (χ1v) is 5.34. The van der Waals surface area contributed by atoms with E-state index in [-0.39, 0.29) is 0 Å². The van der Waals surface area contributed by atoms with Crippen molar-refractivity contribution in [3.63, 3.8) is 0 Å². The van der Waals surface area contributed by atoms with Crippen LogP contribution in [-0.4, -0.2) is 34.9 Å². The first-order chi connectivity index (χ1) is 8.79.